The molecule has 2 saturated carbocycles. The molecule has 0 N–H and O–H groups in total. The van der Waals surface area contributed by atoms with Crippen molar-refractivity contribution in [2.45, 2.75) is 90.9 Å². The minimum atomic E-state index is -0.601. The molecule has 1 aromatic carbocycles. The maximum absolute atomic E-state index is 14.5. The van der Waals surface area contributed by atoms with Crippen LogP contribution in [0.2, 0.25) is 0 Å². The van der Waals surface area contributed by atoms with E-state index in [0.29, 0.717) is 23.0 Å². The molecule has 0 aromatic heterocycles. The molecule has 0 atom stereocenters. The lowest BCUT2D eigenvalue weighted by atomic mass is 9.65. The molecule has 0 radical (unpaired) electrons. The van der Waals surface area contributed by atoms with Crippen LogP contribution in [0.15, 0.2) is 12.1 Å². The van der Waals surface area contributed by atoms with Crippen LogP contribution in [-0.2, 0) is 6.42 Å². The normalized spacial score (nSPS) is 27.4. The Morgan fingerprint density at radius 1 is 0.880 bits per heavy atom. The van der Waals surface area contributed by atoms with Crippen LogP contribution in [0.1, 0.15) is 95.6 Å². The number of aryl methyl sites for hydroxylation is 1. The van der Waals surface area contributed by atoms with Crippen molar-refractivity contribution in [3.8, 4) is 0 Å². The summed E-state index contributed by atoms with van der Waals surface area (Å²) in [4.78, 5) is 0. The summed E-state index contributed by atoms with van der Waals surface area (Å²) in [5, 5.41) is 0. The first-order valence-electron chi connectivity index (χ1n) is 10.4. The number of halogens is 2. The highest BCUT2D eigenvalue weighted by molar-refractivity contribution is 5.29. The van der Waals surface area contributed by atoms with Crippen molar-refractivity contribution in [3.05, 3.63) is 34.9 Å². The Bertz CT molecular complexity index is 572. The number of rotatable bonds is 4. The quantitative estimate of drug-likeness (QED) is 0.531. The van der Waals surface area contributed by atoms with Gasteiger partial charge in [0.2, 0.25) is 0 Å². The van der Waals surface area contributed by atoms with E-state index in [1.165, 1.54) is 38.5 Å². The van der Waals surface area contributed by atoms with Crippen molar-refractivity contribution in [1.82, 2.24) is 0 Å². The predicted octanol–water partition coefficient (Wildman–Crippen LogP) is 7.41. The Morgan fingerprint density at radius 2 is 1.48 bits per heavy atom. The molecule has 0 bridgehead atoms. The maximum atomic E-state index is 14.5. The van der Waals surface area contributed by atoms with Crippen molar-refractivity contribution >= 4 is 0 Å². The molecule has 2 fully saturated rings. The second-order valence-electron chi connectivity index (χ2n) is 9.31. The fraction of sp³-hybridized carbons (Fsp3) is 0.739. The molecule has 3 rings (SSSR count). The smallest absolute Gasteiger partial charge is 0.162 e. The summed E-state index contributed by atoms with van der Waals surface area (Å²) in [7, 11) is 0. The van der Waals surface area contributed by atoms with Crippen molar-refractivity contribution < 1.29 is 8.78 Å². The highest BCUT2D eigenvalue weighted by atomic mass is 19.2. The second kappa shape index (κ2) is 7.76. The SMILES string of the molecule is CCCc1ccc(C2CCC(C3CCC(C)(C)CC3)CC2)c(F)c1F. The monoisotopic (exact) mass is 348 g/mol. The number of hydrogen-bond donors (Lipinski definition) is 0. The third kappa shape index (κ3) is 4.26. The summed E-state index contributed by atoms with van der Waals surface area (Å²) >= 11 is 0. The standard InChI is InChI=1S/C23H34F2/c1-4-5-19-10-11-20(22(25)21(19)24)18-8-6-16(7-9-18)17-12-14-23(2,3)15-13-17/h10-11,16-18H,4-9,12-15H2,1-3H3. The van der Waals surface area contributed by atoms with Crippen LogP contribution >= 0.6 is 0 Å². The summed E-state index contributed by atoms with van der Waals surface area (Å²) in [5.41, 5.74) is 1.68. The van der Waals surface area contributed by atoms with Crippen molar-refractivity contribution in [2.75, 3.05) is 0 Å². The second-order valence-corrected chi connectivity index (χ2v) is 9.31. The van der Waals surface area contributed by atoms with E-state index >= 15 is 0 Å². The van der Waals surface area contributed by atoms with Crippen LogP contribution in [0.4, 0.5) is 8.78 Å². The molecule has 0 heterocycles. The number of hydrogen-bond acceptors (Lipinski definition) is 0. The molecule has 2 aliphatic rings. The van der Waals surface area contributed by atoms with Gasteiger partial charge in [-0.1, -0.05) is 39.3 Å². The van der Waals surface area contributed by atoms with E-state index in [-0.39, 0.29) is 5.92 Å². The summed E-state index contributed by atoms with van der Waals surface area (Å²) < 4.78 is 28.8. The molecule has 0 amide bonds. The van der Waals surface area contributed by atoms with Gasteiger partial charge in [0.1, 0.15) is 0 Å². The van der Waals surface area contributed by atoms with Crippen LogP contribution in [-0.4, -0.2) is 0 Å². The fourth-order valence-electron chi connectivity index (χ4n) is 5.18. The molecule has 0 unspecified atom stereocenters. The molecular weight excluding hydrogens is 314 g/mol. The van der Waals surface area contributed by atoms with Crippen LogP contribution in [0, 0.1) is 28.9 Å². The largest absolute Gasteiger partial charge is 0.203 e. The van der Waals surface area contributed by atoms with Crippen LogP contribution < -0.4 is 0 Å². The first kappa shape index (κ1) is 18.9. The van der Waals surface area contributed by atoms with E-state index in [2.05, 4.69) is 13.8 Å². The van der Waals surface area contributed by atoms with Gasteiger partial charge in [-0.05, 0) is 92.1 Å². The van der Waals surface area contributed by atoms with Gasteiger partial charge in [-0.25, -0.2) is 8.78 Å². The van der Waals surface area contributed by atoms with E-state index in [9.17, 15) is 8.78 Å². The van der Waals surface area contributed by atoms with E-state index in [4.69, 9.17) is 0 Å². The zero-order chi connectivity index (χ0) is 18.0. The van der Waals surface area contributed by atoms with Crippen LogP contribution in [0.3, 0.4) is 0 Å². The lowest BCUT2D eigenvalue weighted by Gasteiger charge is -2.40. The average molecular weight is 349 g/mol. The molecular formula is C23H34F2. The first-order valence-corrected chi connectivity index (χ1v) is 10.4. The van der Waals surface area contributed by atoms with Gasteiger partial charge in [-0.15, -0.1) is 0 Å². The van der Waals surface area contributed by atoms with Gasteiger partial charge in [-0.3, -0.25) is 0 Å². The van der Waals surface area contributed by atoms with Gasteiger partial charge in [0.25, 0.3) is 0 Å². The minimum absolute atomic E-state index is 0.210. The summed E-state index contributed by atoms with van der Waals surface area (Å²) in [6, 6.07) is 3.67. The van der Waals surface area contributed by atoms with Crippen molar-refractivity contribution in [3.63, 3.8) is 0 Å². The van der Waals surface area contributed by atoms with Crippen molar-refractivity contribution in [1.29, 1.82) is 0 Å². The van der Waals surface area contributed by atoms with Gasteiger partial charge in [0.05, 0.1) is 0 Å². The summed E-state index contributed by atoms with van der Waals surface area (Å²) in [6.07, 6.45) is 11.3. The fourth-order valence-corrected chi connectivity index (χ4v) is 5.18. The average Bonchev–Trinajstić information content (AvgIpc) is 2.60. The topological polar surface area (TPSA) is 0 Å². The van der Waals surface area contributed by atoms with Gasteiger partial charge >= 0.3 is 0 Å². The van der Waals surface area contributed by atoms with Gasteiger partial charge in [-0.2, -0.15) is 0 Å². The minimum Gasteiger partial charge on any atom is -0.203 e. The van der Waals surface area contributed by atoms with E-state index < -0.39 is 11.6 Å². The van der Waals surface area contributed by atoms with Gasteiger partial charge in [0.15, 0.2) is 11.6 Å². The molecule has 0 nitrogen and oxygen atoms in total. The lowest BCUT2D eigenvalue weighted by molar-refractivity contribution is 0.122. The molecule has 25 heavy (non-hydrogen) atoms. The zero-order valence-corrected chi connectivity index (χ0v) is 16.2. The molecule has 2 aliphatic carbocycles. The predicted molar refractivity (Wildman–Crippen MR) is 101 cm³/mol. The Balaban J connectivity index is 1.60. The van der Waals surface area contributed by atoms with E-state index in [1.54, 1.807) is 0 Å². The van der Waals surface area contributed by atoms with Crippen LogP contribution in [0.25, 0.3) is 0 Å². The van der Waals surface area contributed by atoms with Crippen LogP contribution in [0.5, 0.6) is 0 Å². The first-order chi connectivity index (χ1) is 11.9. The lowest BCUT2D eigenvalue weighted by Crippen LogP contribution is -2.28. The third-order valence-corrected chi connectivity index (χ3v) is 6.97. The highest BCUT2D eigenvalue weighted by Gasteiger charge is 2.34. The summed E-state index contributed by atoms with van der Waals surface area (Å²) in [6.45, 7) is 6.78. The molecule has 140 valence electrons. The Labute approximate surface area is 152 Å². The molecule has 0 aliphatic heterocycles. The van der Waals surface area contributed by atoms with E-state index in [0.717, 1.165) is 31.1 Å². The third-order valence-electron chi connectivity index (χ3n) is 6.97. The number of benzene rings is 1. The van der Waals surface area contributed by atoms with E-state index in [1.807, 2.05) is 19.1 Å². The van der Waals surface area contributed by atoms with Gasteiger partial charge in [0, 0.05) is 0 Å². The Morgan fingerprint density at radius 3 is 2.08 bits per heavy atom. The van der Waals surface area contributed by atoms with Crippen molar-refractivity contribution in [2.24, 2.45) is 17.3 Å². The molecule has 2 heteroatoms. The molecule has 0 spiro atoms. The summed E-state index contributed by atoms with van der Waals surface area (Å²) in [5.74, 6) is 0.702. The highest BCUT2D eigenvalue weighted by Crippen LogP contribution is 2.47. The molecule has 1 aromatic rings. The molecule has 0 saturated heterocycles. The zero-order valence-electron chi connectivity index (χ0n) is 16.2. The maximum Gasteiger partial charge on any atom is 0.162 e. The Hall–Kier alpha value is -0.920. The van der Waals surface area contributed by atoms with Gasteiger partial charge < -0.3 is 0 Å². The Kier molecular flexibility index (Phi) is 5.85.